The topological polar surface area (TPSA) is 65.1 Å². The Kier molecular flexibility index (Phi) is 7.10. The number of amides is 1. The van der Waals surface area contributed by atoms with Crippen LogP contribution in [0.3, 0.4) is 0 Å². The molecule has 0 aliphatic carbocycles. The fourth-order valence-corrected chi connectivity index (χ4v) is 3.15. The van der Waals surface area contributed by atoms with E-state index in [1.165, 1.54) is 0 Å². The molecule has 25 heavy (non-hydrogen) atoms. The van der Waals surface area contributed by atoms with Crippen LogP contribution in [0.5, 0.6) is 11.5 Å². The van der Waals surface area contributed by atoms with E-state index in [2.05, 4.69) is 0 Å². The summed E-state index contributed by atoms with van der Waals surface area (Å²) >= 11 is 0. The molecule has 1 aliphatic rings. The largest absolute Gasteiger partial charge is 0.493 e. The molecular formula is C19H27NO5. The molecule has 6 nitrogen and oxygen atoms in total. The summed E-state index contributed by atoms with van der Waals surface area (Å²) in [6.07, 6.45) is 3.82. The van der Waals surface area contributed by atoms with E-state index in [0.29, 0.717) is 17.9 Å². The minimum atomic E-state index is -0.386. The molecule has 6 heteroatoms. The Balaban J connectivity index is 1.82. The third kappa shape index (κ3) is 5.11. The first kappa shape index (κ1) is 19.1. The van der Waals surface area contributed by atoms with Crippen LogP contribution in [0.15, 0.2) is 18.2 Å². The third-order valence-corrected chi connectivity index (χ3v) is 4.56. The zero-order valence-electron chi connectivity index (χ0n) is 15.2. The van der Waals surface area contributed by atoms with Gasteiger partial charge in [0.15, 0.2) is 18.1 Å². The van der Waals surface area contributed by atoms with Crippen molar-refractivity contribution in [2.45, 2.75) is 45.1 Å². The molecule has 1 fully saturated rings. The van der Waals surface area contributed by atoms with Crippen LogP contribution in [-0.2, 0) is 20.7 Å². The summed E-state index contributed by atoms with van der Waals surface area (Å²) in [6.45, 7) is 2.60. The first-order valence-electron chi connectivity index (χ1n) is 8.71. The quantitative estimate of drug-likeness (QED) is 0.708. The van der Waals surface area contributed by atoms with Gasteiger partial charge in [-0.25, -0.2) is 0 Å². The second-order valence-electron chi connectivity index (χ2n) is 6.25. The number of piperidine rings is 1. The lowest BCUT2D eigenvalue weighted by Crippen LogP contribution is -2.44. The van der Waals surface area contributed by atoms with Gasteiger partial charge in [-0.05, 0) is 44.2 Å². The molecule has 0 spiro atoms. The highest BCUT2D eigenvalue weighted by molar-refractivity contribution is 5.81. The fourth-order valence-electron chi connectivity index (χ4n) is 3.15. The summed E-state index contributed by atoms with van der Waals surface area (Å²) in [4.78, 5) is 26.0. The standard InChI is InChI=1S/C19H27NO5/c1-14-7-4-5-12-20(14)17(21)13-25-18(22)11-10-15-8-6-9-16(23-2)19(15)24-3/h6,8-9,14H,4-5,7,10-13H2,1-3H3. The molecule has 138 valence electrons. The molecule has 1 amide bonds. The summed E-state index contributed by atoms with van der Waals surface area (Å²) < 4.78 is 15.8. The second kappa shape index (κ2) is 9.30. The maximum absolute atomic E-state index is 12.2. The molecule has 1 aromatic carbocycles. The van der Waals surface area contributed by atoms with Crippen molar-refractivity contribution in [2.24, 2.45) is 0 Å². The number of hydrogen-bond donors (Lipinski definition) is 0. The van der Waals surface area contributed by atoms with Gasteiger partial charge in [0.2, 0.25) is 0 Å². The number of carbonyl (C=O) groups is 2. The highest BCUT2D eigenvalue weighted by Gasteiger charge is 2.24. The van der Waals surface area contributed by atoms with Gasteiger partial charge in [-0.15, -0.1) is 0 Å². The number of aryl methyl sites for hydroxylation is 1. The Morgan fingerprint density at radius 2 is 2.00 bits per heavy atom. The highest BCUT2D eigenvalue weighted by atomic mass is 16.5. The molecule has 1 unspecified atom stereocenters. The minimum Gasteiger partial charge on any atom is -0.493 e. The number of hydrogen-bond acceptors (Lipinski definition) is 5. The lowest BCUT2D eigenvalue weighted by Gasteiger charge is -2.33. The van der Waals surface area contributed by atoms with Crippen LogP contribution >= 0.6 is 0 Å². The normalized spacial score (nSPS) is 17.1. The van der Waals surface area contributed by atoms with Gasteiger partial charge in [0.1, 0.15) is 0 Å². The summed E-state index contributed by atoms with van der Waals surface area (Å²) in [6, 6.07) is 5.76. The van der Waals surface area contributed by atoms with Crippen molar-refractivity contribution < 1.29 is 23.8 Å². The van der Waals surface area contributed by atoms with Crippen molar-refractivity contribution in [2.75, 3.05) is 27.4 Å². The number of esters is 1. The number of rotatable bonds is 7. The van der Waals surface area contributed by atoms with Crippen LogP contribution < -0.4 is 9.47 Å². The third-order valence-electron chi connectivity index (χ3n) is 4.56. The van der Waals surface area contributed by atoms with Gasteiger partial charge >= 0.3 is 5.97 Å². The van der Waals surface area contributed by atoms with Crippen molar-refractivity contribution in [3.63, 3.8) is 0 Å². The molecule has 1 atom stereocenters. The van der Waals surface area contributed by atoms with Crippen LogP contribution in [0, 0.1) is 0 Å². The van der Waals surface area contributed by atoms with Crippen LogP contribution in [0.25, 0.3) is 0 Å². The van der Waals surface area contributed by atoms with Crippen molar-refractivity contribution in [1.82, 2.24) is 4.90 Å². The van der Waals surface area contributed by atoms with Crippen LogP contribution in [0.4, 0.5) is 0 Å². The zero-order chi connectivity index (χ0) is 18.2. The van der Waals surface area contributed by atoms with E-state index in [4.69, 9.17) is 14.2 Å². The number of para-hydroxylation sites is 1. The molecule has 1 aromatic rings. The lowest BCUT2D eigenvalue weighted by molar-refractivity contribution is -0.153. The highest BCUT2D eigenvalue weighted by Crippen LogP contribution is 2.31. The minimum absolute atomic E-state index is 0.112. The number of methoxy groups -OCH3 is 2. The van der Waals surface area contributed by atoms with Crippen LogP contribution in [0.1, 0.15) is 38.2 Å². The molecule has 0 aromatic heterocycles. The summed E-state index contributed by atoms with van der Waals surface area (Å²) in [7, 11) is 3.14. The smallest absolute Gasteiger partial charge is 0.306 e. The number of ether oxygens (including phenoxy) is 3. The van der Waals surface area contributed by atoms with Gasteiger partial charge in [0.25, 0.3) is 5.91 Å². The molecule has 0 saturated carbocycles. The average molecular weight is 349 g/mol. The van der Waals surface area contributed by atoms with Gasteiger partial charge in [-0.2, -0.15) is 0 Å². The number of likely N-dealkylation sites (tertiary alicyclic amines) is 1. The predicted octanol–water partition coefficient (Wildman–Crippen LogP) is 2.58. The Labute approximate surface area is 149 Å². The molecule has 0 N–H and O–H groups in total. The van der Waals surface area contributed by atoms with Gasteiger partial charge < -0.3 is 19.1 Å². The van der Waals surface area contributed by atoms with E-state index in [1.54, 1.807) is 20.3 Å². The van der Waals surface area contributed by atoms with Crippen molar-refractivity contribution in [1.29, 1.82) is 0 Å². The van der Waals surface area contributed by atoms with E-state index >= 15 is 0 Å². The monoisotopic (exact) mass is 349 g/mol. The van der Waals surface area contributed by atoms with Gasteiger partial charge in [-0.3, -0.25) is 9.59 Å². The summed E-state index contributed by atoms with van der Waals surface area (Å²) in [5.74, 6) is 0.751. The number of carbonyl (C=O) groups excluding carboxylic acids is 2. The van der Waals surface area contributed by atoms with E-state index in [1.807, 2.05) is 24.0 Å². The average Bonchev–Trinajstić information content (AvgIpc) is 2.64. The van der Waals surface area contributed by atoms with Crippen LogP contribution in [0.2, 0.25) is 0 Å². The lowest BCUT2D eigenvalue weighted by atomic mass is 10.0. The maximum Gasteiger partial charge on any atom is 0.306 e. The Morgan fingerprint density at radius 1 is 1.20 bits per heavy atom. The fraction of sp³-hybridized carbons (Fsp3) is 0.579. The maximum atomic E-state index is 12.2. The van der Waals surface area contributed by atoms with Gasteiger partial charge in [0.05, 0.1) is 14.2 Å². The van der Waals surface area contributed by atoms with Crippen molar-refractivity contribution in [3.05, 3.63) is 23.8 Å². The van der Waals surface area contributed by atoms with E-state index in [9.17, 15) is 9.59 Å². The molecule has 1 heterocycles. The first-order chi connectivity index (χ1) is 12.1. The molecule has 0 bridgehead atoms. The first-order valence-corrected chi connectivity index (χ1v) is 8.71. The number of nitrogens with zero attached hydrogens (tertiary/aromatic N) is 1. The predicted molar refractivity (Wildman–Crippen MR) is 93.9 cm³/mol. The van der Waals surface area contributed by atoms with Gasteiger partial charge in [-0.1, -0.05) is 12.1 Å². The van der Waals surface area contributed by atoms with E-state index in [-0.39, 0.29) is 30.9 Å². The Hall–Kier alpha value is -2.24. The molecular weight excluding hydrogens is 322 g/mol. The second-order valence-corrected chi connectivity index (χ2v) is 6.25. The van der Waals surface area contributed by atoms with Crippen molar-refractivity contribution >= 4 is 11.9 Å². The zero-order valence-corrected chi connectivity index (χ0v) is 15.2. The Morgan fingerprint density at radius 3 is 2.68 bits per heavy atom. The van der Waals surface area contributed by atoms with Crippen molar-refractivity contribution in [3.8, 4) is 11.5 Å². The molecule has 1 aliphatic heterocycles. The van der Waals surface area contributed by atoms with E-state index in [0.717, 1.165) is 31.4 Å². The van der Waals surface area contributed by atoms with E-state index < -0.39 is 0 Å². The molecule has 2 rings (SSSR count). The molecule has 1 saturated heterocycles. The summed E-state index contributed by atoms with van der Waals surface area (Å²) in [5.41, 5.74) is 0.870. The summed E-state index contributed by atoms with van der Waals surface area (Å²) in [5, 5.41) is 0. The van der Waals surface area contributed by atoms with Crippen LogP contribution in [-0.4, -0.2) is 50.2 Å². The van der Waals surface area contributed by atoms with Gasteiger partial charge in [0, 0.05) is 19.0 Å². The number of benzene rings is 1. The Bertz CT molecular complexity index is 601. The molecule has 0 radical (unpaired) electrons. The SMILES string of the molecule is COc1cccc(CCC(=O)OCC(=O)N2CCCCC2C)c1OC.